The van der Waals surface area contributed by atoms with Gasteiger partial charge in [-0.25, -0.2) is 0 Å². The first-order valence-corrected chi connectivity index (χ1v) is 7.11. The summed E-state index contributed by atoms with van der Waals surface area (Å²) in [6.45, 7) is 6.79. The van der Waals surface area contributed by atoms with Gasteiger partial charge in [-0.2, -0.15) is 0 Å². The molecule has 1 aliphatic heterocycles. The van der Waals surface area contributed by atoms with Crippen LogP contribution in [0.15, 0.2) is 0 Å². The van der Waals surface area contributed by atoms with E-state index in [4.69, 9.17) is 0 Å². The number of amides is 2. The molecule has 0 aromatic carbocycles. The first-order valence-electron chi connectivity index (χ1n) is 7.11. The molecule has 5 heteroatoms. The zero-order valence-corrected chi connectivity index (χ0v) is 12.2. The van der Waals surface area contributed by atoms with E-state index in [9.17, 15) is 14.7 Å². The Morgan fingerprint density at radius 3 is 2.74 bits per heavy atom. The molecule has 0 aromatic heterocycles. The Balaban J connectivity index is 2.43. The summed E-state index contributed by atoms with van der Waals surface area (Å²) >= 11 is 0. The predicted octanol–water partition coefficient (Wildman–Crippen LogP) is 0.912. The molecule has 0 radical (unpaired) electrons. The number of nitrogens with one attached hydrogen (secondary N) is 1. The summed E-state index contributed by atoms with van der Waals surface area (Å²) < 4.78 is 0. The number of likely N-dealkylation sites (tertiary alicyclic amines) is 1. The van der Waals surface area contributed by atoms with E-state index in [0.717, 1.165) is 25.8 Å². The van der Waals surface area contributed by atoms with Crippen LogP contribution in [-0.4, -0.2) is 47.1 Å². The summed E-state index contributed by atoms with van der Waals surface area (Å²) in [6, 6.07) is 0. The Morgan fingerprint density at radius 2 is 2.16 bits per heavy atom. The lowest BCUT2D eigenvalue weighted by atomic mass is 9.96. The standard InChI is InChI=1S/C14H26N2O3/c1-4-7-14(3,19)10-15-13(18)12-6-5-8-16(9-12)11(2)17/h12,19H,4-10H2,1-3H3,(H,15,18). The molecule has 5 nitrogen and oxygen atoms in total. The average molecular weight is 270 g/mol. The smallest absolute Gasteiger partial charge is 0.225 e. The van der Waals surface area contributed by atoms with Crippen LogP contribution in [0, 0.1) is 5.92 Å². The van der Waals surface area contributed by atoms with Gasteiger partial charge in [0.25, 0.3) is 0 Å². The Kier molecular flexibility index (Phi) is 5.79. The monoisotopic (exact) mass is 270 g/mol. The van der Waals surface area contributed by atoms with Gasteiger partial charge in [0.05, 0.1) is 11.5 Å². The van der Waals surface area contributed by atoms with E-state index >= 15 is 0 Å². The fourth-order valence-electron chi connectivity index (χ4n) is 2.53. The lowest BCUT2D eigenvalue weighted by Gasteiger charge is -2.32. The molecular weight excluding hydrogens is 244 g/mol. The van der Waals surface area contributed by atoms with Crippen LogP contribution in [0.25, 0.3) is 0 Å². The molecule has 1 aliphatic rings. The van der Waals surface area contributed by atoms with Crippen LogP contribution in [-0.2, 0) is 9.59 Å². The highest BCUT2D eigenvalue weighted by molar-refractivity contribution is 5.80. The van der Waals surface area contributed by atoms with Crippen LogP contribution in [0.1, 0.15) is 46.5 Å². The first kappa shape index (κ1) is 16.0. The van der Waals surface area contributed by atoms with Crippen LogP contribution in [0.3, 0.4) is 0 Å². The van der Waals surface area contributed by atoms with Crippen LogP contribution in [0.4, 0.5) is 0 Å². The molecule has 0 saturated carbocycles. The third-order valence-electron chi connectivity index (χ3n) is 3.67. The molecule has 19 heavy (non-hydrogen) atoms. The normalized spacial score (nSPS) is 22.7. The highest BCUT2D eigenvalue weighted by atomic mass is 16.3. The van der Waals surface area contributed by atoms with Gasteiger partial charge in [-0.3, -0.25) is 9.59 Å². The molecular formula is C14H26N2O3. The summed E-state index contributed by atoms with van der Waals surface area (Å²) in [5.41, 5.74) is -0.848. The topological polar surface area (TPSA) is 69.6 Å². The fourth-order valence-corrected chi connectivity index (χ4v) is 2.53. The van der Waals surface area contributed by atoms with Gasteiger partial charge in [0.2, 0.25) is 11.8 Å². The van der Waals surface area contributed by atoms with Crippen molar-refractivity contribution in [2.45, 2.75) is 52.1 Å². The van der Waals surface area contributed by atoms with Crippen molar-refractivity contribution in [3.63, 3.8) is 0 Å². The van der Waals surface area contributed by atoms with Crippen molar-refractivity contribution in [2.24, 2.45) is 5.92 Å². The molecule has 2 amide bonds. The molecule has 1 saturated heterocycles. The SMILES string of the molecule is CCCC(C)(O)CNC(=O)C1CCCN(C(C)=O)C1. The second-order valence-corrected chi connectivity index (χ2v) is 5.77. The first-order chi connectivity index (χ1) is 8.85. The molecule has 1 rings (SSSR count). The predicted molar refractivity (Wildman–Crippen MR) is 73.5 cm³/mol. The molecule has 0 aromatic rings. The van der Waals surface area contributed by atoms with Crippen molar-refractivity contribution in [1.82, 2.24) is 10.2 Å². The maximum atomic E-state index is 12.1. The van der Waals surface area contributed by atoms with Gasteiger partial charge in [0.1, 0.15) is 0 Å². The van der Waals surface area contributed by atoms with Gasteiger partial charge in [-0.05, 0) is 26.2 Å². The highest BCUT2D eigenvalue weighted by Crippen LogP contribution is 2.17. The van der Waals surface area contributed by atoms with Crippen molar-refractivity contribution in [3.05, 3.63) is 0 Å². The van der Waals surface area contributed by atoms with E-state index < -0.39 is 5.60 Å². The Hall–Kier alpha value is -1.10. The van der Waals surface area contributed by atoms with E-state index in [1.807, 2.05) is 6.92 Å². The Labute approximate surface area is 115 Å². The lowest BCUT2D eigenvalue weighted by Crippen LogP contribution is -2.48. The van der Waals surface area contributed by atoms with E-state index in [0.29, 0.717) is 13.0 Å². The number of nitrogens with zero attached hydrogens (tertiary/aromatic N) is 1. The van der Waals surface area contributed by atoms with Crippen molar-refractivity contribution in [3.8, 4) is 0 Å². The largest absolute Gasteiger partial charge is 0.388 e. The van der Waals surface area contributed by atoms with Crippen LogP contribution >= 0.6 is 0 Å². The highest BCUT2D eigenvalue weighted by Gasteiger charge is 2.28. The number of rotatable bonds is 5. The van der Waals surface area contributed by atoms with Crippen molar-refractivity contribution in [2.75, 3.05) is 19.6 Å². The third kappa shape index (κ3) is 5.19. The molecule has 0 spiro atoms. The summed E-state index contributed by atoms with van der Waals surface area (Å²) in [4.78, 5) is 25.1. The van der Waals surface area contributed by atoms with Crippen LogP contribution in [0.2, 0.25) is 0 Å². The van der Waals surface area contributed by atoms with Crippen molar-refractivity contribution < 1.29 is 14.7 Å². The van der Waals surface area contributed by atoms with E-state index in [1.54, 1.807) is 11.8 Å². The summed E-state index contributed by atoms with van der Waals surface area (Å²) in [5.74, 6) is -0.173. The van der Waals surface area contributed by atoms with Gasteiger partial charge in [0.15, 0.2) is 0 Å². The van der Waals surface area contributed by atoms with E-state index in [1.165, 1.54) is 6.92 Å². The molecule has 110 valence electrons. The molecule has 2 unspecified atom stereocenters. The minimum Gasteiger partial charge on any atom is -0.388 e. The third-order valence-corrected chi connectivity index (χ3v) is 3.67. The Morgan fingerprint density at radius 1 is 1.47 bits per heavy atom. The summed E-state index contributed by atoms with van der Waals surface area (Å²) in [7, 11) is 0. The average Bonchev–Trinajstić information content (AvgIpc) is 2.36. The van der Waals surface area contributed by atoms with Crippen LogP contribution < -0.4 is 5.32 Å². The van der Waals surface area contributed by atoms with Gasteiger partial charge >= 0.3 is 0 Å². The zero-order valence-electron chi connectivity index (χ0n) is 12.2. The number of piperidine rings is 1. The second kappa shape index (κ2) is 6.89. The van der Waals surface area contributed by atoms with Gasteiger partial charge in [0, 0.05) is 26.6 Å². The van der Waals surface area contributed by atoms with E-state index in [2.05, 4.69) is 5.32 Å². The number of carbonyl (C=O) groups is 2. The summed E-state index contributed by atoms with van der Waals surface area (Å²) in [5, 5.41) is 12.8. The summed E-state index contributed by atoms with van der Waals surface area (Å²) in [6.07, 6.45) is 3.22. The van der Waals surface area contributed by atoms with Crippen molar-refractivity contribution in [1.29, 1.82) is 0 Å². The lowest BCUT2D eigenvalue weighted by molar-refractivity contribution is -0.134. The maximum absolute atomic E-state index is 12.1. The Bertz CT molecular complexity index is 329. The minimum absolute atomic E-state index is 0.0236. The number of carbonyl (C=O) groups excluding carboxylic acids is 2. The number of hydrogen-bond acceptors (Lipinski definition) is 3. The van der Waals surface area contributed by atoms with Gasteiger partial charge < -0.3 is 15.3 Å². The van der Waals surface area contributed by atoms with Crippen molar-refractivity contribution >= 4 is 11.8 Å². The number of aliphatic hydroxyl groups is 1. The quantitative estimate of drug-likeness (QED) is 0.780. The number of hydrogen-bond donors (Lipinski definition) is 2. The van der Waals surface area contributed by atoms with Gasteiger partial charge in [-0.1, -0.05) is 13.3 Å². The maximum Gasteiger partial charge on any atom is 0.225 e. The molecule has 2 N–H and O–H groups in total. The molecule has 2 atom stereocenters. The van der Waals surface area contributed by atoms with Gasteiger partial charge in [-0.15, -0.1) is 0 Å². The molecule has 0 aliphatic carbocycles. The fraction of sp³-hybridized carbons (Fsp3) is 0.857. The molecule has 0 bridgehead atoms. The zero-order chi connectivity index (χ0) is 14.5. The van der Waals surface area contributed by atoms with E-state index in [-0.39, 0.29) is 24.3 Å². The molecule has 1 heterocycles. The van der Waals surface area contributed by atoms with Crippen LogP contribution in [0.5, 0.6) is 0 Å². The minimum atomic E-state index is -0.848. The second-order valence-electron chi connectivity index (χ2n) is 5.77. The molecule has 1 fully saturated rings.